The summed E-state index contributed by atoms with van der Waals surface area (Å²) in [6, 6.07) is 4.41. The van der Waals surface area contributed by atoms with E-state index < -0.39 is 0 Å². The van der Waals surface area contributed by atoms with Gasteiger partial charge in [0.05, 0.1) is 0 Å². The number of nitrogens with zero attached hydrogens (tertiary/aromatic N) is 2. The molecule has 13 heavy (non-hydrogen) atoms. The molecule has 0 aliphatic rings. The van der Waals surface area contributed by atoms with Gasteiger partial charge in [-0.25, -0.2) is 0 Å². The van der Waals surface area contributed by atoms with Gasteiger partial charge in [-0.3, -0.25) is 4.98 Å². The molecule has 3 nitrogen and oxygen atoms in total. The molecule has 0 aromatic carbocycles. The lowest BCUT2D eigenvalue weighted by Crippen LogP contribution is -2.29. The highest BCUT2D eigenvalue weighted by molar-refractivity contribution is 5.41. The fourth-order valence-corrected chi connectivity index (χ4v) is 1.33. The topological polar surface area (TPSA) is 28.2 Å². The Morgan fingerprint density at radius 1 is 1.38 bits per heavy atom. The highest BCUT2D eigenvalue weighted by Gasteiger charge is 2.01. The van der Waals surface area contributed by atoms with Crippen molar-refractivity contribution in [3.05, 3.63) is 24.5 Å². The molecule has 1 atom stereocenters. The first-order chi connectivity index (χ1) is 6.18. The zero-order valence-electron chi connectivity index (χ0n) is 8.49. The first-order valence-corrected chi connectivity index (χ1v) is 4.50. The van der Waals surface area contributed by atoms with Crippen molar-refractivity contribution < 1.29 is 0 Å². The van der Waals surface area contributed by atoms with Crippen LogP contribution in [0.1, 0.15) is 6.92 Å². The molecular formula is C10H17N3. The van der Waals surface area contributed by atoms with Gasteiger partial charge in [-0.15, -0.1) is 0 Å². The number of hydrogen-bond donors (Lipinski definition) is 1. The van der Waals surface area contributed by atoms with E-state index in [0.29, 0.717) is 6.04 Å². The van der Waals surface area contributed by atoms with E-state index in [4.69, 9.17) is 0 Å². The van der Waals surface area contributed by atoms with Crippen molar-refractivity contribution >= 4 is 5.69 Å². The third-order valence-electron chi connectivity index (χ3n) is 1.73. The van der Waals surface area contributed by atoms with Crippen molar-refractivity contribution in [2.45, 2.75) is 13.0 Å². The molecule has 1 N–H and O–H groups in total. The molecule has 0 spiro atoms. The van der Waals surface area contributed by atoms with Crippen LogP contribution in [0.2, 0.25) is 0 Å². The number of rotatable bonds is 4. The predicted octanol–water partition coefficient (Wildman–Crippen LogP) is 1.44. The first kappa shape index (κ1) is 9.99. The van der Waals surface area contributed by atoms with Crippen LogP contribution < -0.4 is 5.32 Å². The SMILES string of the molecule is C[C@@H](CN(C)C)Nc1ccncc1. The molecule has 1 rings (SSSR count). The van der Waals surface area contributed by atoms with Crippen molar-refractivity contribution in [2.75, 3.05) is 26.0 Å². The van der Waals surface area contributed by atoms with Crippen LogP contribution in [0.25, 0.3) is 0 Å². The maximum Gasteiger partial charge on any atom is 0.0373 e. The molecule has 1 aromatic rings. The molecule has 1 aromatic heterocycles. The summed E-state index contributed by atoms with van der Waals surface area (Å²) in [6.07, 6.45) is 3.59. The number of nitrogens with one attached hydrogen (secondary N) is 1. The van der Waals surface area contributed by atoms with Crippen molar-refractivity contribution in [3.63, 3.8) is 0 Å². The Morgan fingerprint density at radius 2 is 2.00 bits per heavy atom. The van der Waals surface area contributed by atoms with Crippen LogP contribution in [-0.2, 0) is 0 Å². The molecule has 0 aliphatic carbocycles. The quantitative estimate of drug-likeness (QED) is 0.758. The van der Waals surface area contributed by atoms with Crippen LogP contribution in [0.4, 0.5) is 5.69 Å². The fraction of sp³-hybridized carbons (Fsp3) is 0.500. The first-order valence-electron chi connectivity index (χ1n) is 4.50. The average Bonchev–Trinajstić information content (AvgIpc) is 2.04. The molecule has 1 heterocycles. The van der Waals surface area contributed by atoms with E-state index in [1.807, 2.05) is 12.1 Å². The summed E-state index contributed by atoms with van der Waals surface area (Å²) in [6.45, 7) is 3.20. The third-order valence-corrected chi connectivity index (χ3v) is 1.73. The summed E-state index contributed by atoms with van der Waals surface area (Å²) >= 11 is 0. The van der Waals surface area contributed by atoms with Crippen molar-refractivity contribution in [1.29, 1.82) is 0 Å². The molecule has 3 heteroatoms. The summed E-state index contributed by atoms with van der Waals surface area (Å²) < 4.78 is 0. The van der Waals surface area contributed by atoms with Crippen LogP contribution >= 0.6 is 0 Å². The van der Waals surface area contributed by atoms with E-state index in [-0.39, 0.29) is 0 Å². The van der Waals surface area contributed by atoms with Gasteiger partial charge in [-0.1, -0.05) is 0 Å². The second-order valence-electron chi connectivity index (χ2n) is 3.54. The number of pyridine rings is 1. The summed E-state index contributed by atoms with van der Waals surface area (Å²) in [5.41, 5.74) is 1.13. The van der Waals surface area contributed by atoms with E-state index in [1.54, 1.807) is 12.4 Å². The Balaban J connectivity index is 2.41. The Hall–Kier alpha value is -1.09. The van der Waals surface area contributed by atoms with Crippen LogP contribution in [-0.4, -0.2) is 36.6 Å². The Kier molecular flexibility index (Phi) is 3.71. The molecule has 0 amide bonds. The van der Waals surface area contributed by atoms with Crippen LogP contribution in [0.15, 0.2) is 24.5 Å². The maximum absolute atomic E-state index is 3.96. The molecule has 0 unspecified atom stereocenters. The lowest BCUT2D eigenvalue weighted by molar-refractivity contribution is 0.392. The van der Waals surface area contributed by atoms with Gasteiger partial charge in [0.25, 0.3) is 0 Å². The lowest BCUT2D eigenvalue weighted by Gasteiger charge is -2.19. The van der Waals surface area contributed by atoms with Crippen molar-refractivity contribution in [3.8, 4) is 0 Å². The Morgan fingerprint density at radius 3 is 2.54 bits per heavy atom. The summed E-state index contributed by atoms with van der Waals surface area (Å²) in [5.74, 6) is 0. The van der Waals surface area contributed by atoms with Gasteiger partial charge in [-0.2, -0.15) is 0 Å². The molecular weight excluding hydrogens is 162 g/mol. The summed E-state index contributed by atoms with van der Waals surface area (Å²) in [4.78, 5) is 6.13. The van der Waals surface area contributed by atoms with Gasteiger partial charge in [0.1, 0.15) is 0 Å². The van der Waals surface area contributed by atoms with Crippen molar-refractivity contribution in [1.82, 2.24) is 9.88 Å². The van der Waals surface area contributed by atoms with E-state index in [1.165, 1.54) is 0 Å². The van der Waals surface area contributed by atoms with E-state index in [0.717, 1.165) is 12.2 Å². The minimum Gasteiger partial charge on any atom is -0.381 e. The number of hydrogen-bond acceptors (Lipinski definition) is 3. The summed E-state index contributed by atoms with van der Waals surface area (Å²) in [7, 11) is 4.15. The normalized spacial score (nSPS) is 12.9. The zero-order valence-corrected chi connectivity index (χ0v) is 8.49. The van der Waals surface area contributed by atoms with E-state index in [2.05, 4.69) is 36.2 Å². The predicted molar refractivity (Wildman–Crippen MR) is 55.9 cm³/mol. The Labute approximate surface area is 79.8 Å². The molecule has 0 radical (unpaired) electrons. The largest absolute Gasteiger partial charge is 0.381 e. The minimum atomic E-state index is 0.456. The number of likely N-dealkylation sites (N-methyl/N-ethyl adjacent to an activating group) is 1. The van der Waals surface area contributed by atoms with E-state index in [9.17, 15) is 0 Å². The zero-order chi connectivity index (χ0) is 9.68. The van der Waals surface area contributed by atoms with Crippen LogP contribution in [0.3, 0.4) is 0 Å². The summed E-state index contributed by atoms with van der Waals surface area (Å²) in [5, 5.41) is 3.39. The molecule has 0 aliphatic heterocycles. The average molecular weight is 179 g/mol. The van der Waals surface area contributed by atoms with Gasteiger partial charge < -0.3 is 10.2 Å². The third kappa shape index (κ3) is 3.90. The van der Waals surface area contributed by atoms with Crippen molar-refractivity contribution in [2.24, 2.45) is 0 Å². The number of anilines is 1. The second-order valence-corrected chi connectivity index (χ2v) is 3.54. The Bertz CT molecular complexity index is 233. The molecule has 0 saturated carbocycles. The standard InChI is InChI=1S/C10H17N3/c1-9(8-13(2)3)12-10-4-6-11-7-5-10/h4-7,9H,8H2,1-3H3,(H,11,12)/t9-/m0/s1. The smallest absolute Gasteiger partial charge is 0.0373 e. The molecule has 0 bridgehead atoms. The molecule has 72 valence electrons. The van der Waals surface area contributed by atoms with Crippen LogP contribution in [0.5, 0.6) is 0 Å². The number of aromatic nitrogens is 1. The van der Waals surface area contributed by atoms with Gasteiger partial charge in [0, 0.05) is 30.7 Å². The van der Waals surface area contributed by atoms with E-state index >= 15 is 0 Å². The monoisotopic (exact) mass is 179 g/mol. The van der Waals surface area contributed by atoms with Crippen LogP contribution in [0, 0.1) is 0 Å². The maximum atomic E-state index is 3.96. The fourth-order valence-electron chi connectivity index (χ4n) is 1.33. The van der Waals surface area contributed by atoms with Gasteiger partial charge in [-0.05, 0) is 33.2 Å². The molecule has 0 saturated heterocycles. The minimum absolute atomic E-state index is 0.456. The lowest BCUT2D eigenvalue weighted by atomic mass is 10.3. The highest BCUT2D eigenvalue weighted by Crippen LogP contribution is 2.05. The molecule has 0 fully saturated rings. The van der Waals surface area contributed by atoms with Gasteiger partial charge in [0.15, 0.2) is 0 Å². The van der Waals surface area contributed by atoms with Gasteiger partial charge in [0.2, 0.25) is 0 Å². The van der Waals surface area contributed by atoms with Gasteiger partial charge >= 0.3 is 0 Å². The second kappa shape index (κ2) is 4.82. The highest BCUT2D eigenvalue weighted by atomic mass is 15.1.